The lowest BCUT2D eigenvalue weighted by atomic mass is 10.0. The normalized spacial score (nSPS) is 16.8. The summed E-state index contributed by atoms with van der Waals surface area (Å²) in [5.74, 6) is -0.385. The van der Waals surface area contributed by atoms with Gasteiger partial charge in [-0.2, -0.15) is 0 Å². The summed E-state index contributed by atoms with van der Waals surface area (Å²) in [7, 11) is 0. The lowest BCUT2D eigenvalue weighted by Gasteiger charge is -2.29. The van der Waals surface area contributed by atoms with Crippen molar-refractivity contribution in [2.75, 3.05) is 11.9 Å². The fourth-order valence-electron chi connectivity index (χ4n) is 5.21. The lowest BCUT2D eigenvalue weighted by Crippen LogP contribution is -2.33. The second-order valence-electron chi connectivity index (χ2n) is 9.42. The van der Waals surface area contributed by atoms with Crippen LogP contribution in [0.5, 0.6) is 0 Å². The first-order valence-corrected chi connectivity index (χ1v) is 13.2. The molecule has 1 amide bonds. The molecule has 8 heteroatoms. The average Bonchev–Trinajstić information content (AvgIpc) is 3.57. The van der Waals surface area contributed by atoms with Crippen LogP contribution in [0.4, 0.5) is 10.1 Å². The Kier molecular flexibility index (Phi) is 6.77. The highest BCUT2D eigenvalue weighted by Gasteiger charge is 2.41. The first-order chi connectivity index (χ1) is 19.1. The summed E-state index contributed by atoms with van der Waals surface area (Å²) in [4.78, 5) is 19.8. The highest BCUT2D eigenvalue weighted by molar-refractivity contribution is 7.80. The number of halogens is 1. The topological polar surface area (TPSA) is 62.2 Å². The van der Waals surface area contributed by atoms with Crippen LogP contribution in [-0.2, 0) is 4.79 Å². The quantitative estimate of drug-likeness (QED) is 0.244. The van der Waals surface area contributed by atoms with Crippen molar-refractivity contribution < 1.29 is 9.18 Å². The molecule has 6 rings (SSSR count). The zero-order chi connectivity index (χ0) is 26.8. The predicted molar refractivity (Wildman–Crippen MR) is 155 cm³/mol. The Morgan fingerprint density at radius 2 is 1.74 bits per heavy atom. The summed E-state index contributed by atoms with van der Waals surface area (Å²) in [5, 5.41) is 9.13. The number of benzene rings is 3. The van der Waals surface area contributed by atoms with Crippen molar-refractivity contribution >= 4 is 39.7 Å². The molecule has 0 aliphatic carbocycles. The van der Waals surface area contributed by atoms with Crippen molar-refractivity contribution in [3.63, 3.8) is 0 Å². The number of anilines is 1. The number of rotatable bonds is 7. The van der Waals surface area contributed by atoms with Crippen LogP contribution in [0.25, 0.3) is 16.5 Å². The maximum atomic E-state index is 13.7. The number of pyridine rings is 1. The van der Waals surface area contributed by atoms with Crippen LogP contribution in [-0.4, -0.2) is 32.0 Å². The third-order valence-electron chi connectivity index (χ3n) is 7.03. The molecule has 5 aromatic rings. The molecule has 194 valence electrons. The van der Waals surface area contributed by atoms with Gasteiger partial charge in [0.2, 0.25) is 5.91 Å². The largest absolute Gasteiger partial charge is 0.352 e. The Morgan fingerprint density at radius 3 is 2.56 bits per heavy atom. The number of nitrogens with one attached hydrogen (secondary N) is 2. The van der Waals surface area contributed by atoms with Crippen molar-refractivity contribution in [3.8, 4) is 5.69 Å². The van der Waals surface area contributed by atoms with Crippen molar-refractivity contribution in [1.29, 1.82) is 0 Å². The van der Waals surface area contributed by atoms with Crippen molar-refractivity contribution in [2.24, 2.45) is 0 Å². The number of carbonyl (C=O) groups is 1. The molecule has 1 aliphatic rings. The van der Waals surface area contributed by atoms with E-state index in [0.29, 0.717) is 11.7 Å². The van der Waals surface area contributed by atoms with Gasteiger partial charge in [0.1, 0.15) is 5.82 Å². The van der Waals surface area contributed by atoms with Gasteiger partial charge >= 0.3 is 0 Å². The van der Waals surface area contributed by atoms with E-state index in [1.165, 1.54) is 12.1 Å². The van der Waals surface area contributed by atoms with Crippen LogP contribution < -0.4 is 10.6 Å². The number of aromatic nitrogens is 2. The van der Waals surface area contributed by atoms with Gasteiger partial charge in [0.15, 0.2) is 5.11 Å². The summed E-state index contributed by atoms with van der Waals surface area (Å²) in [6.07, 6.45) is 3.95. The van der Waals surface area contributed by atoms with Crippen LogP contribution in [0.1, 0.15) is 29.9 Å². The van der Waals surface area contributed by atoms with E-state index in [9.17, 15) is 9.18 Å². The molecular formula is C31H26FN5OS. The molecule has 3 aromatic carbocycles. The van der Waals surface area contributed by atoms with Crippen LogP contribution in [0.3, 0.4) is 0 Å². The van der Waals surface area contributed by atoms with Crippen LogP contribution >= 0.6 is 12.2 Å². The smallest absolute Gasteiger partial charge is 0.226 e. The minimum atomic E-state index is -0.290. The van der Waals surface area contributed by atoms with E-state index < -0.39 is 0 Å². The maximum absolute atomic E-state index is 13.7. The Balaban J connectivity index is 1.29. The molecule has 1 fully saturated rings. The van der Waals surface area contributed by atoms with Gasteiger partial charge in [-0.1, -0.05) is 42.5 Å². The number of carbonyl (C=O) groups excluding carboxylic acids is 1. The second-order valence-corrected chi connectivity index (χ2v) is 9.81. The van der Waals surface area contributed by atoms with Crippen molar-refractivity contribution in [2.45, 2.75) is 18.5 Å². The molecule has 6 nitrogen and oxygen atoms in total. The predicted octanol–water partition coefficient (Wildman–Crippen LogP) is 6.17. The van der Waals surface area contributed by atoms with Gasteiger partial charge in [0.05, 0.1) is 17.8 Å². The molecule has 1 saturated heterocycles. The lowest BCUT2D eigenvalue weighted by molar-refractivity contribution is -0.116. The third-order valence-corrected chi connectivity index (χ3v) is 7.38. The Morgan fingerprint density at radius 1 is 0.949 bits per heavy atom. The fraction of sp³-hybridized carbons (Fsp3) is 0.129. The van der Waals surface area contributed by atoms with Gasteiger partial charge in [-0.05, 0) is 72.2 Å². The third kappa shape index (κ3) is 4.98. The van der Waals surface area contributed by atoms with E-state index >= 15 is 0 Å². The number of fused-ring (bicyclic) bond motifs is 1. The molecule has 3 heterocycles. The zero-order valence-corrected chi connectivity index (χ0v) is 21.8. The van der Waals surface area contributed by atoms with E-state index in [1.54, 1.807) is 18.3 Å². The Labute approximate surface area is 231 Å². The molecule has 2 atom stereocenters. The molecule has 1 aliphatic heterocycles. The van der Waals surface area contributed by atoms with Gasteiger partial charge in [-0.25, -0.2) is 4.39 Å². The van der Waals surface area contributed by atoms with Crippen LogP contribution in [0, 0.1) is 5.82 Å². The van der Waals surface area contributed by atoms with Crippen LogP contribution in [0.15, 0.2) is 109 Å². The first kappa shape index (κ1) is 24.8. The standard InChI is InChI=1S/C31H26FN5OS/c32-22-13-15-23(16-14-22)36-19-6-12-27(36)30-29(26-10-3-4-18-33-26)35-31(39)37(30)20-17-28(38)34-25-11-5-8-21-7-1-2-9-24(21)25/h1-16,18-19,29-30H,17,20H2,(H,34,38)(H,35,39)/t29-,30+/m1/s1. The molecule has 0 bridgehead atoms. The fourth-order valence-corrected chi connectivity index (χ4v) is 5.54. The van der Waals surface area contributed by atoms with E-state index in [0.717, 1.165) is 33.5 Å². The highest BCUT2D eigenvalue weighted by Crippen LogP contribution is 2.39. The minimum absolute atomic E-state index is 0.0943. The second kappa shape index (κ2) is 10.7. The molecule has 0 spiro atoms. The molecular weight excluding hydrogens is 509 g/mol. The molecule has 39 heavy (non-hydrogen) atoms. The van der Waals surface area contributed by atoms with Crippen molar-refractivity contribution in [1.82, 2.24) is 19.8 Å². The van der Waals surface area contributed by atoms with E-state index in [1.807, 2.05) is 88.5 Å². The first-order valence-electron chi connectivity index (χ1n) is 12.8. The Hall–Kier alpha value is -4.56. The monoisotopic (exact) mass is 535 g/mol. The summed E-state index contributed by atoms with van der Waals surface area (Å²) in [5.41, 5.74) is 3.43. The molecule has 2 N–H and O–H groups in total. The van der Waals surface area contributed by atoms with Gasteiger partial charge in [0, 0.05) is 47.8 Å². The average molecular weight is 536 g/mol. The van der Waals surface area contributed by atoms with E-state index in [4.69, 9.17) is 12.2 Å². The summed E-state index contributed by atoms with van der Waals surface area (Å²) < 4.78 is 15.7. The number of thiocarbonyl (C=S) groups is 1. The van der Waals surface area contributed by atoms with Gasteiger partial charge < -0.3 is 20.1 Å². The SMILES string of the molecule is O=C(CCN1C(=S)N[C@H](c2ccccn2)[C@@H]1c1cccn1-c1ccc(F)cc1)Nc1cccc2ccccc12. The number of hydrogen-bond acceptors (Lipinski definition) is 3. The number of hydrogen-bond donors (Lipinski definition) is 2. The molecule has 0 unspecified atom stereocenters. The summed E-state index contributed by atoms with van der Waals surface area (Å²) >= 11 is 5.79. The van der Waals surface area contributed by atoms with Gasteiger partial charge in [-0.3, -0.25) is 9.78 Å². The molecule has 2 aromatic heterocycles. The highest BCUT2D eigenvalue weighted by atomic mass is 32.1. The zero-order valence-electron chi connectivity index (χ0n) is 21.0. The molecule has 0 saturated carbocycles. The van der Waals surface area contributed by atoms with Gasteiger partial charge in [-0.15, -0.1) is 0 Å². The maximum Gasteiger partial charge on any atom is 0.226 e. The van der Waals surface area contributed by atoms with E-state index in [2.05, 4.69) is 15.6 Å². The number of nitrogens with zero attached hydrogens (tertiary/aromatic N) is 3. The number of amides is 1. The Bertz CT molecular complexity index is 1630. The minimum Gasteiger partial charge on any atom is -0.352 e. The van der Waals surface area contributed by atoms with E-state index in [-0.39, 0.29) is 30.2 Å². The van der Waals surface area contributed by atoms with Gasteiger partial charge in [0.25, 0.3) is 0 Å². The summed E-state index contributed by atoms with van der Waals surface area (Å²) in [6.45, 7) is 0.408. The summed E-state index contributed by atoms with van der Waals surface area (Å²) in [6, 6.07) is 29.6. The van der Waals surface area contributed by atoms with Crippen LogP contribution in [0.2, 0.25) is 0 Å². The van der Waals surface area contributed by atoms with Crippen molar-refractivity contribution in [3.05, 3.63) is 127 Å². The molecule has 0 radical (unpaired) electrons.